The van der Waals surface area contributed by atoms with Gasteiger partial charge in [-0.05, 0) is 67.9 Å². The van der Waals surface area contributed by atoms with Crippen LogP contribution in [0.4, 0.5) is 11.4 Å². The number of anilines is 1. The standard InChI is InChI=1S/C20H22BrClN2O5/c21-20-7-12-3-13(8-20)6-19(5-12,11-20)9-18(26)29-10-17(25)23-15-4-14(22)1-2-16(15)24(27)28/h1-2,4,12-13H,3,5-11H2,(H,23,25). The minimum Gasteiger partial charge on any atom is -0.456 e. The van der Waals surface area contributed by atoms with Crippen molar-refractivity contribution in [3.63, 3.8) is 0 Å². The number of hydrogen-bond donors (Lipinski definition) is 1. The number of nitro groups is 1. The molecule has 2 atom stereocenters. The zero-order valence-electron chi connectivity index (χ0n) is 15.8. The molecule has 1 aromatic carbocycles. The zero-order valence-corrected chi connectivity index (χ0v) is 18.1. The zero-order chi connectivity index (χ0) is 20.8. The minimum atomic E-state index is -0.633. The summed E-state index contributed by atoms with van der Waals surface area (Å²) in [5.41, 5.74) is -0.330. The second-order valence-corrected chi connectivity index (χ2v) is 11.0. The molecule has 0 aliphatic heterocycles. The minimum absolute atomic E-state index is 0.0223. The van der Waals surface area contributed by atoms with Crippen molar-refractivity contribution in [2.24, 2.45) is 17.3 Å². The maximum absolute atomic E-state index is 12.5. The molecule has 0 aromatic heterocycles. The van der Waals surface area contributed by atoms with Crippen molar-refractivity contribution in [3.8, 4) is 0 Å². The number of nitrogens with one attached hydrogen (secondary N) is 1. The van der Waals surface area contributed by atoms with Gasteiger partial charge in [0.2, 0.25) is 0 Å². The Balaban J connectivity index is 1.33. The number of esters is 1. The smallest absolute Gasteiger partial charge is 0.306 e. The molecule has 9 heteroatoms. The van der Waals surface area contributed by atoms with Crippen LogP contribution in [0.15, 0.2) is 18.2 Å². The summed E-state index contributed by atoms with van der Waals surface area (Å²) in [5, 5.41) is 13.7. The molecule has 0 saturated heterocycles. The van der Waals surface area contributed by atoms with Gasteiger partial charge in [-0.15, -0.1) is 0 Å². The third kappa shape index (κ3) is 4.43. The molecule has 156 valence electrons. The highest BCUT2D eigenvalue weighted by Gasteiger charge is 2.57. The van der Waals surface area contributed by atoms with Crippen LogP contribution < -0.4 is 5.32 Å². The van der Waals surface area contributed by atoms with E-state index >= 15 is 0 Å². The number of rotatable bonds is 6. The Hall–Kier alpha value is -1.67. The van der Waals surface area contributed by atoms with E-state index in [1.807, 2.05) is 0 Å². The van der Waals surface area contributed by atoms with Crippen molar-refractivity contribution in [1.29, 1.82) is 0 Å². The molecule has 4 bridgehead atoms. The molecule has 4 aliphatic carbocycles. The molecule has 4 saturated carbocycles. The van der Waals surface area contributed by atoms with Crippen LogP contribution in [0.1, 0.15) is 44.9 Å². The van der Waals surface area contributed by atoms with Gasteiger partial charge in [-0.1, -0.05) is 27.5 Å². The normalized spacial score (nSPS) is 32.1. The first-order chi connectivity index (χ1) is 13.7. The van der Waals surface area contributed by atoms with Crippen molar-refractivity contribution < 1.29 is 19.2 Å². The SMILES string of the molecule is O=C(COC(=O)CC12CC3CC(CC(Br)(C3)C1)C2)Nc1cc(Cl)ccc1[N+](=O)[O-]. The van der Waals surface area contributed by atoms with Gasteiger partial charge in [0, 0.05) is 15.4 Å². The summed E-state index contributed by atoms with van der Waals surface area (Å²) in [6.07, 6.45) is 7.01. The molecule has 1 aromatic rings. The summed E-state index contributed by atoms with van der Waals surface area (Å²) in [7, 11) is 0. The Morgan fingerprint density at radius 3 is 2.59 bits per heavy atom. The van der Waals surface area contributed by atoms with Crippen LogP contribution in [0.2, 0.25) is 5.02 Å². The monoisotopic (exact) mass is 484 g/mol. The van der Waals surface area contributed by atoms with E-state index in [0.717, 1.165) is 19.3 Å². The number of ether oxygens (including phenoxy) is 1. The van der Waals surface area contributed by atoms with Gasteiger partial charge in [0.1, 0.15) is 5.69 Å². The molecule has 1 amide bonds. The second-order valence-electron chi connectivity index (χ2n) is 8.92. The van der Waals surface area contributed by atoms with E-state index < -0.39 is 23.4 Å². The largest absolute Gasteiger partial charge is 0.456 e. The van der Waals surface area contributed by atoms with Crippen molar-refractivity contribution in [3.05, 3.63) is 33.3 Å². The Bertz CT molecular complexity index is 862. The fourth-order valence-electron chi connectivity index (χ4n) is 6.00. The Morgan fingerprint density at radius 1 is 1.28 bits per heavy atom. The lowest BCUT2D eigenvalue weighted by atomic mass is 9.49. The van der Waals surface area contributed by atoms with E-state index in [1.165, 1.54) is 37.5 Å². The summed E-state index contributed by atoms with van der Waals surface area (Å²) in [6.45, 7) is -0.481. The molecule has 4 fully saturated rings. The van der Waals surface area contributed by atoms with Gasteiger partial charge in [0.05, 0.1) is 11.3 Å². The van der Waals surface area contributed by atoms with Gasteiger partial charge in [-0.3, -0.25) is 19.7 Å². The van der Waals surface area contributed by atoms with Gasteiger partial charge in [-0.2, -0.15) is 0 Å². The number of nitrogens with zero attached hydrogens (tertiary/aromatic N) is 1. The summed E-state index contributed by atoms with van der Waals surface area (Å²) in [4.78, 5) is 35.1. The first-order valence-corrected chi connectivity index (χ1v) is 10.9. The quantitative estimate of drug-likeness (QED) is 0.269. The predicted molar refractivity (Wildman–Crippen MR) is 111 cm³/mol. The highest BCUT2D eigenvalue weighted by atomic mass is 79.9. The molecular formula is C20H22BrClN2O5. The average molecular weight is 486 g/mol. The summed E-state index contributed by atoms with van der Waals surface area (Å²) >= 11 is 9.78. The van der Waals surface area contributed by atoms with Crippen LogP contribution in [0, 0.1) is 27.4 Å². The molecular weight excluding hydrogens is 464 g/mol. The van der Waals surface area contributed by atoms with E-state index in [4.69, 9.17) is 16.3 Å². The first-order valence-electron chi connectivity index (χ1n) is 9.74. The van der Waals surface area contributed by atoms with Crippen LogP contribution in [0.25, 0.3) is 0 Å². The molecule has 4 aliphatic rings. The number of halogens is 2. The number of nitro benzene ring substituents is 1. The van der Waals surface area contributed by atoms with E-state index in [9.17, 15) is 19.7 Å². The lowest BCUT2D eigenvalue weighted by Crippen LogP contribution is -2.53. The molecule has 2 unspecified atom stereocenters. The van der Waals surface area contributed by atoms with E-state index in [2.05, 4.69) is 21.2 Å². The molecule has 5 rings (SSSR count). The molecule has 1 N–H and O–H groups in total. The lowest BCUT2D eigenvalue weighted by molar-refractivity contribution is -0.383. The summed E-state index contributed by atoms with van der Waals surface area (Å²) in [6, 6.07) is 3.88. The molecule has 0 spiro atoms. The highest BCUT2D eigenvalue weighted by Crippen LogP contribution is 2.65. The van der Waals surface area contributed by atoms with E-state index in [1.54, 1.807) is 0 Å². The maximum Gasteiger partial charge on any atom is 0.306 e. The number of alkyl halides is 1. The third-order valence-corrected chi connectivity index (χ3v) is 7.59. The number of hydrogen-bond acceptors (Lipinski definition) is 5. The summed E-state index contributed by atoms with van der Waals surface area (Å²) < 4.78 is 5.36. The molecule has 0 heterocycles. The molecule has 0 radical (unpaired) electrons. The van der Waals surface area contributed by atoms with Gasteiger partial charge in [-0.25, -0.2) is 0 Å². The van der Waals surface area contributed by atoms with Crippen molar-refractivity contribution in [2.45, 2.75) is 49.3 Å². The lowest BCUT2D eigenvalue weighted by Gasteiger charge is -2.60. The Labute approximate surface area is 181 Å². The van der Waals surface area contributed by atoms with Crippen LogP contribution in [0.5, 0.6) is 0 Å². The fourth-order valence-corrected chi connectivity index (χ4v) is 7.68. The van der Waals surface area contributed by atoms with E-state index in [-0.39, 0.29) is 26.1 Å². The van der Waals surface area contributed by atoms with Crippen molar-refractivity contribution in [1.82, 2.24) is 0 Å². The van der Waals surface area contributed by atoms with E-state index in [0.29, 0.717) is 18.3 Å². The van der Waals surface area contributed by atoms with Crippen LogP contribution in [-0.2, 0) is 14.3 Å². The predicted octanol–water partition coefficient (Wildman–Crippen LogP) is 4.85. The second kappa shape index (κ2) is 7.54. The topological polar surface area (TPSA) is 98.5 Å². The highest BCUT2D eigenvalue weighted by molar-refractivity contribution is 9.10. The molecule has 7 nitrogen and oxygen atoms in total. The van der Waals surface area contributed by atoms with Crippen LogP contribution in [-0.4, -0.2) is 27.7 Å². The fraction of sp³-hybridized carbons (Fsp3) is 0.600. The number of carbonyl (C=O) groups excluding carboxylic acids is 2. The number of benzene rings is 1. The summed E-state index contributed by atoms with van der Waals surface area (Å²) in [5.74, 6) is 0.301. The third-order valence-electron chi connectivity index (χ3n) is 6.42. The van der Waals surface area contributed by atoms with Gasteiger partial charge < -0.3 is 10.1 Å². The molecule has 29 heavy (non-hydrogen) atoms. The maximum atomic E-state index is 12.5. The van der Waals surface area contributed by atoms with Gasteiger partial charge in [0.15, 0.2) is 6.61 Å². The van der Waals surface area contributed by atoms with Gasteiger partial charge >= 0.3 is 5.97 Å². The number of carbonyl (C=O) groups is 2. The van der Waals surface area contributed by atoms with Crippen molar-refractivity contribution >= 4 is 50.8 Å². The first kappa shape index (κ1) is 20.6. The van der Waals surface area contributed by atoms with Crippen molar-refractivity contribution in [2.75, 3.05) is 11.9 Å². The van der Waals surface area contributed by atoms with Crippen LogP contribution >= 0.6 is 27.5 Å². The number of amides is 1. The van der Waals surface area contributed by atoms with Gasteiger partial charge in [0.25, 0.3) is 11.6 Å². The average Bonchev–Trinajstić information content (AvgIpc) is 2.57. The Morgan fingerprint density at radius 2 is 1.97 bits per heavy atom. The van der Waals surface area contributed by atoms with Crippen LogP contribution in [0.3, 0.4) is 0 Å². The Kier molecular flexibility index (Phi) is 5.36.